The Hall–Kier alpha value is -1.55. The van der Waals surface area contributed by atoms with Gasteiger partial charge in [0.25, 0.3) is 0 Å². The van der Waals surface area contributed by atoms with Crippen LogP contribution in [0, 0.1) is 0 Å². The molecule has 80 valence electrons. The van der Waals surface area contributed by atoms with Gasteiger partial charge >= 0.3 is 5.97 Å². The lowest BCUT2D eigenvalue weighted by Gasteiger charge is -2.25. The quantitative estimate of drug-likeness (QED) is 0.758. The summed E-state index contributed by atoms with van der Waals surface area (Å²) in [6, 6.07) is 4.91. The van der Waals surface area contributed by atoms with E-state index in [1.54, 1.807) is 7.11 Å². The van der Waals surface area contributed by atoms with Crippen LogP contribution in [0.15, 0.2) is 18.2 Å². The number of carbonyl (C=O) groups is 1. The molecule has 0 radical (unpaired) electrons. The second-order valence-electron chi connectivity index (χ2n) is 3.50. The number of carboxylic acids is 1. The molecule has 1 aliphatic heterocycles. The highest BCUT2D eigenvalue weighted by Gasteiger charge is 2.27. The Balaban J connectivity index is 2.48. The first-order valence-corrected chi connectivity index (χ1v) is 4.86. The molecule has 4 heteroatoms. The number of hydrogen-bond acceptors (Lipinski definition) is 3. The van der Waals surface area contributed by atoms with E-state index in [1.807, 2.05) is 18.2 Å². The summed E-state index contributed by atoms with van der Waals surface area (Å²) in [6.45, 7) is 0.671. The Bertz CT molecular complexity index is 389. The summed E-state index contributed by atoms with van der Waals surface area (Å²) in [4.78, 5) is 11.0. The van der Waals surface area contributed by atoms with Crippen molar-refractivity contribution in [1.29, 1.82) is 0 Å². The zero-order valence-electron chi connectivity index (χ0n) is 8.49. The van der Waals surface area contributed by atoms with Crippen molar-refractivity contribution in [2.75, 3.05) is 13.7 Å². The first-order valence-electron chi connectivity index (χ1n) is 4.86. The number of methoxy groups -OCH3 is 1. The van der Waals surface area contributed by atoms with E-state index in [2.05, 4.69) is 5.32 Å². The average Bonchev–Trinajstić information content (AvgIpc) is 2.27. The van der Waals surface area contributed by atoms with Crippen LogP contribution in [-0.2, 0) is 11.2 Å². The minimum absolute atomic E-state index is 0.608. The number of aliphatic carboxylic acids is 1. The first-order chi connectivity index (χ1) is 7.24. The standard InChI is InChI=1S/C11H13NO3/c1-15-9-4-2-3-8-7(9)5-6-12-10(8)11(13)14/h2-4,10,12H,5-6H2,1H3,(H,13,14). The van der Waals surface area contributed by atoms with Crippen molar-refractivity contribution < 1.29 is 14.6 Å². The molecule has 0 bridgehead atoms. The molecule has 2 N–H and O–H groups in total. The van der Waals surface area contributed by atoms with E-state index < -0.39 is 12.0 Å². The van der Waals surface area contributed by atoms with Gasteiger partial charge < -0.3 is 15.2 Å². The van der Waals surface area contributed by atoms with Gasteiger partial charge in [0, 0.05) is 12.1 Å². The molecule has 0 saturated carbocycles. The first kappa shape index (κ1) is 9.98. The van der Waals surface area contributed by atoms with Crippen LogP contribution in [0.2, 0.25) is 0 Å². The maximum atomic E-state index is 11.0. The van der Waals surface area contributed by atoms with Gasteiger partial charge in [-0.3, -0.25) is 4.79 Å². The van der Waals surface area contributed by atoms with Crippen LogP contribution in [0.4, 0.5) is 0 Å². The van der Waals surface area contributed by atoms with Gasteiger partial charge in [-0.25, -0.2) is 0 Å². The summed E-state index contributed by atoms with van der Waals surface area (Å²) in [5.41, 5.74) is 1.82. The molecular weight excluding hydrogens is 194 g/mol. The molecular formula is C11H13NO3. The van der Waals surface area contributed by atoms with Crippen molar-refractivity contribution >= 4 is 5.97 Å². The van der Waals surface area contributed by atoms with Crippen molar-refractivity contribution in [1.82, 2.24) is 5.32 Å². The fraction of sp³-hybridized carbons (Fsp3) is 0.364. The lowest BCUT2D eigenvalue weighted by atomic mass is 9.93. The predicted molar refractivity (Wildman–Crippen MR) is 55.1 cm³/mol. The summed E-state index contributed by atoms with van der Waals surface area (Å²) in [5, 5.41) is 12.0. The molecule has 0 saturated heterocycles. The van der Waals surface area contributed by atoms with Crippen LogP contribution < -0.4 is 10.1 Å². The highest BCUT2D eigenvalue weighted by molar-refractivity contribution is 5.77. The second-order valence-corrected chi connectivity index (χ2v) is 3.50. The number of ether oxygens (including phenoxy) is 1. The molecule has 1 atom stereocenters. The molecule has 2 rings (SSSR count). The molecule has 15 heavy (non-hydrogen) atoms. The van der Waals surface area contributed by atoms with Crippen LogP contribution in [0.1, 0.15) is 17.2 Å². The Morgan fingerprint density at radius 3 is 3.07 bits per heavy atom. The van der Waals surface area contributed by atoms with Crippen LogP contribution >= 0.6 is 0 Å². The number of benzene rings is 1. The van der Waals surface area contributed by atoms with Gasteiger partial charge in [-0.2, -0.15) is 0 Å². The Morgan fingerprint density at radius 1 is 1.60 bits per heavy atom. The normalized spacial score (nSPS) is 19.4. The maximum Gasteiger partial charge on any atom is 0.325 e. The van der Waals surface area contributed by atoms with Gasteiger partial charge in [0.15, 0.2) is 0 Å². The van der Waals surface area contributed by atoms with E-state index in [4.69, 9.17) is 9.84 Å². The zero-order chi connectivity index (χ0) is 10.8. The minimum atomic E-state index is -0.843. The number of carboxylic acid groups (broad SMARTS) is 1. The topological polar surface area (TPSA) is 58.6 Å². The van der Waals surface area contributed by atoms with Crippen LogP contribution in [-0.4, -0.2) is 24.7 Å². The van der Waals surface area contributed by atoms with Crippen molar-refractivity contribution in [3.05, 3.63) is 29.3 Å². The minimum Gasteiger partial charge on any atom is -0.496 e. The molecule has 1 heterocycles. The lowest BCUT2D eigenvalue weighted by molar-refractivity contribution is -0.139. The fourth-order valence-corrected chi connectivity index (χ4v) is 1.98. The Labute approximate surface area is 87.9 Å². The monoisotopic (exact) mass is 207 g/mol. The van der Waals surface area contributed by atoms with Crippen molar-refractivity contribution in [3.8, 4) is 5.75 Å². The zero-order valence-corrected chi connectivity index (χ0v) is 8.49. The van der Waals surface area contributed by atoms with Gasteiger partial charge in [0.1, 0.15) is 11.8 Å². The molecule has 0 fully saturated rings. The summed E-state index contributed by atoms with van der Waals surface area (Å²) < 4.78 is 5.22. The van der Waals surface area contributed by atoms with Gasteiger partial charge in [-0.1, -0.05) is 12.1 Å². The highest BCUT2D eigenvalue weighted by Crippen LogP contribution is 2.30. The molecule has 1 aromatic rings. The number of fused-ring (bicyclic) bond motifs is 1. The summed E-state index contributed by atoms with van der Waals surface area (Å²) in [6.07, 6.45) is 0.809. The fourth-order valence-electron chi connectivity index (χ4n) is 1.98. The summed E-state index contributed by atoms with van der Waals surface area (Å²) >= 11 is 0. The van der Waals surface area contributed by atoms with Crippen LogP contribution in [0.3, 0.4) is 0 Å². The average molecular weight is 207 g/mol. The maximum absolute atomic E-state index is 11.0. The van der Waals surface area contributed by atoms with Gasteiger partial charge in [-0.15, -0.1) is 0 Å². The summed E-state index contributed by atoms with van der Waals surface area (Å²) in [7, 11) is 1.60. The molecule has 0 aromatic heterocycles. The van der Waals surface area contributed by atoms with E-state index >= 15 is 0 Å². The van der Waals surface area contributed by atoms with Crippen LogP contribution in [0.25, 0.3) is 0 Å². The molecule has 0 spiro atoms. The van der Waals surface area contributed by atoms with Crippen molar-refractivity contribution in [2.24, 2.45) is 0 Å². The Morgan fingerprint density at radius 2 is 2.40 bits per heavy atom. The molecule has 1 unspecified atom stereocenters. The van der Waals surface area contributed by atoms with E-state index in [1.165, 1.54) is 0 Å². The molecule has 1 aliphatic rings. The van der Waals surface area contributed by atoms with Gasteiger partial charge in [0.2, 0.25) is 0 Å². The highest BCUT2D eigenvalue weighted by atomic mass is 16.5. The third-order valence-corrected chi connectivity index (χ3v) is 2.67. The molecule has 4 nitrogen and oxygen atoms in total. The van der Waals surface area contributed by atoms with E-state index in [9.17, 15) is 4.79 Å². The van der Waals surface area contributed by atoms with Gasteiger partial charge in [0.05, 0.1) is 7.11 Å². The number of rotatable bonds is 2. The number of nitrogens with one attached hydrogen (secondary N) is 1. The van der Waals surface area contributed by atoms with E-state index in [0.29, 0.717) is 6.54 Å². The third-order valence-electron chi connectivity index (χ3n) is 2.67. The lowest BCUT2D eigenvalue weighted by Crippen LogP contribution is -2.35. The molecule has 0 aliphatic carbocycles. The van der Waals surface area contributed by atoms with Crippen LogP contribution in [0.5, 0.6) is 5.75 Å². The number of hydrogen-bond donors (Lipinski definition) is 2. The van der Waals surface area contributed by atoms with E-state index in [-0.39, 0.29) is 0 Å². The smallest absolute Gasteiger partial charge is 0.325 e. The van der Waals surface area contributed by atoms with Crippen molar-refractivity contribution in [2.45, 2.75) is 12.5 Å². The largest absolute Gasteiger partial charge is 0.496 e. The van der Waals surface area contributed by atoms with E-state index in [0.717, 1.165) is 23.3 Å². The third kappa shape index (κ3) is 1.68. The van der Waals surface area contributed by atoms with Gasteiger partial charge in [-0.05, 0) is 18.1 Å². The van der Waals surface area contributed by atoms with Crippen molar-refractivity contribution in [3.63, 3.8) is 0 Å². The molecule has 0 amide bonds. The molecule has 1 aromatic carbocycles. The predicted octanol–water partition coefficient (Wildman–Crippen LogP) is 0.967. The Kier molecular flexibility index (Phi) is 2.60. The summed E-state index contributed by atoms with van der Waals surface area (Å²) in [5.74, 6) is -0.0653. The SMILES string of the molecule is COc1cccc2c1CCNC2C(=O)O. The second kappa shape index (κ2) is 3.90.